The van der Waals surface area contributed by atoms with Gasteiger partial charge in [0, 0.05) is 12.6 Å². The molecule has 2 amide bonds. The van der Waals surface area contributed by atoms with Gasteiger partial charge in [-0.15, -0.1) is 0 Å². The van der Waals surface area contributed by atoms with Gasteiger partial charge >= 0.3 is 0 Å². The van der Waals surface area contributed by atoms with Gasteiger partial charge in [0.05, 0.1) is 24.0 Å². The van der Waals surface area contributed by atoms with Crippen molar-refractivity contribution in [3.63, 3.8) is 0 Å². The second-order valence-electron chi connectivity index (χ2n) is 5.18. The molecule has 2 unspecified atom stereocenters. The largest absolute Gasteiger partial charge is 0.368 e. The van der Waals surface area contributed by atoms with Crippen LogP contribution in [-0.2, 0) is 19.4 Å². The van der Waals surface area contributed by atoms with Crippen LogP contribution >= 0.6 is 0 Å². The fourth-order valence-corrected chi connectivity index (χ4v) is 4.42. The second-order valence-corrected chi connectivity index (χ2v) is 7.41. The monoisotopic (exact) mass is 289 g/mol. The molecule has 7 nitrogen and oxygen atoms in total. The Kier molecular flexibility index (Phi) is 4.10. The number of primary amides is 1. The fraction of sp³-hybridized carbons (Fsp3) is 0.818. The van der Waals surface area contributed by atoms with Crippen molar-refractivity contribution in [2.24, 2.45) is 11.7 Å². The number of hydrogen-bond donors (Lipinski definition) is 2. The van der Waals surface area contributed by atoms with E-state index in [1.54, 1.807) is 0 Å². The lowest BCUT2D eigenvalue weighted by Gasteiger charge is -2.29. The summed E-state index contributed by atoms with van der Waals surface area (Å²) in [5, 5.41) is 3.12. The highest BCUT2D eigenvalue weighted by atomic mass is 32.2. The molecule has 0 aromatic carbocycles. The molecule has 2 aliphatic heterocycles. The molecule has 2 heterocycles. The van der Waals surface area contributed by atoms with E-state index in [1.807, 2.05) is 0 Å². The summed E-state index contributed by atoms with van der Waals surface area (Å²) in [6, 6.07) is -0.0664. The van der Waals surface area contributed by atoms with Crippen LogP contribution in [0.3, 0.4) is 0 Å². The second kappa shape index (κ2) is 5.46. The van der Waals surface area contributed by atoms with Crippen LogP contribution in [-0.4, -0.2) is 62.3 Å². The molecule has 0 bridgehead atoms. The number of hydrogen-bond acceptors (Lipinski definition) is 5. The van der Waals surface area contributed by atoms with Gasteiger partial charge in [0.1, 0.15) is 0 Å². The summed E-state index contributed by atoms with van der Waals surface area (Å²) in [7, 11) is -3.11. The van der Waals surface area contributed by atoms with Crippen LogP contribution < -0.4 is 11.1 Å². The lowest BCUT2D eigenvalue weighted by atomic mass is 10.1. The van der Waals surface area contributed by atoms with Gasteiger partial charge in [-0.05, 0) is 19.4 Å². The molecule has 0 aliphatic carbocycles. The van der Waals surface area contributed by atoms with Gasteiger partial charge in [0.25, 0.3) is 0 Å². The zero-order chi connectivity index (χ0) is 14.0. The zero-order valence-corrected chi connectivity index (χ0v) is 11.5. The van der Waals surface area contributed by atoms with Crippen molar-refractivity contribution in [3.8, 4) is 0 Å². The maximum Gasteiger partial charge on any atom is 0.237 e. The highest BCUT2D eigenvalue weighted by Gasteiger charge is 2.38. The molecule has 2 saturated heterocycles. The Balaban J connectivity index is 2.09. The van der Waals surface area contributed by atoms with E-state index in [0.717, 1.165) is 13.0 Å². The van der Waals surface area contributed by atoms with Gasteiger partial charge in [-0.1, -0.05) is 0 Å². The Labute approximate surface area is 112 Å². The number of sulfone groups is 1. The normalized spacial score (nSPS) is 29.3. The molecule has 0 aromatic rings. The quantitative estimate of drug-likeness (QED) is 0.628. The van der Waals surface area contributed by atoms with E-state index in [4.69, 9.17) is 5.73 Å². The van der Waals surface area contributed by atoms with Crippen molar-refractivity contribution in [3.05, 3.63) is 0 Å². The van der Waals surface area contributed by atoms with Crippen LogP contribution in [0.15, 0.2) is 0 Å². The molecule has 2 fully saturated rings. The third-order valence-electron chi connectivity index (χ3n) is 3.67. The standard InChI is InChI=1S/C11H19N3O4S/c12-10(15)6-14(9-1-3-13-5-9)11(16)8-2-4-19(17,18)7-8/h8-9,13H,1-7H2,(H2,12,15). The van der Waals surface area contributed by atoms with Gasteiger partial charge in [-0.3, -0.25) is 9.59 Å². The molecule has 2 rings (SSSR count). The summed E-state index contributed by atoms with van der Waals surface area (Å²) in [4.78, 5) is 24.9. The highest BCUT2D eigenvalue weighted by Crippen LogP contribution is 2.22. The van der Waals surface area contributed by atoms with Crippen molar-refractivity contribution in [2.45, 2.75) is 18.9 Å². The molecule has 0 aromatic heterocycles. The molecule has 2 aliphatic rings. The lowest BCUT2D eigenvalue weighted by molar-refractivity contribution is -0.140. The van der Waals surface area contributed by atoms with Crippen LogP contribution in [0.1, 0.15) is 12.8 Å². The third kappa shape index (κ3) is 3.44. The Morgan fingerprint density at radius 3 is 2.53 bits per heavy atom. The van der Waals surface area contributed by atoms with Crippen LogP contribution in [0.25, 0.3) is 0 Å². The summed E-state index contributed by atoms with van der Waals surface area (Å²) >= 11 is 0. The number of carbonyl (C=O) groups is 2. The van der Waals surface area contributed by atoms with E-state index in [1.165, 1.54) is 4.90 Å². The van der Waals surface area contributed by atoms with Crippen LogP contribution in [0, 0.1) is 5.92 Å². The number of nitrogens with one attached hydrogen (secondary N) is 1. The molecule has 108 valence electrons. The summed E-state index contributed by atoms with van der Waals surface area (Å²) in [6.07, 6.45) is 1.11. The fourth-order valence-electron chi connectivity index (χ4n) is 2.68. The molecule has 0 spiro atoms. The van der Waals surface area contributed by atoms with Crippen molar-refractivity contribution in [1.29, 1.82) is 0 Å². The Hall–Kier alpha value is -1.15. The number of nitrogens with two attached hydrogens (primary N) is 1. The smallest absolute Gasteiger partial charge is 0.237 e. The van der Waals surface area contributed by atoms with Gasteiger partial charge in [-0.25, -0.2) is 8.42 Å². The molecule has 0 saturated carbocycles. The van der Waals surface area contributed by atoms with Gasteiger partial charge in [0.2, 0.25) is 11.8 Å². The summed E-state index contributed by atoms with van der Waals surface area (Å²) in [6.45, 7) is 1.27. The first-order chi connectivity index (χ1) is 8.89. The average Bonchev–Trinajstić information content (AvgIpc) is 2.94. The van der Waals surface area contributed by atoms with E-state index in [-0.39, 0.29) is 30.0 Å². The highest BCUT2D eigenvalue weighted by molar-refractivity contribution is 7.91. The minimum Gasteiger partial charge on any atom is -0.368 e. The predicted octanol–water partition coefficient (Wildman–Crippen LogP) is -1.90. The first-order valence-electron chi connectivity index (χ1n) is 6.39. The minimum absolute atomic E-state index is 0.0523. The molecule has 8 heteroatoms. The molecule has 3 N–H and O–H groups in total. The number of carbonyl (C=O) groups excluding carboxylic acids is 2. The van der Waals surface area contributed by atoms with Gasteiger partial charge in [-0.2, -0.15) is 0 Å². The number of amides is 2. The summed E-state index contributed by atoms with van der Waals surface area (Å²) < 4.78 is 22.9. The SMILES string of the molecule is NC(=O)CN(C(=O)C1CCS(=O)(=O)C1)C1CCNC1. The van der Waals surface area contributed by atoms with E-state index >= 15 is 0 Å². The summed E-state index contributed by atoms with van der Waals surface area (Å²) in [5.74, 6) is -1.41. The average molecular weight is 289 g/mol. The van der Waals surface area contributed by atoms with E-state index in [0.29, 0.717) is 13.0 Å². The zero-order valence-electron chi connectivity index (χ0n) is 10.7. The Morgan fingerprint density at radius 1 is 1.32 bits per heavy atom. The van der Waals surface area contributed by atoms with Crippen molar-refractivity contribution in [2.75, 3.05) is 31.1 Å². The van der Waals surface area contributed by atoms with E-state index in [9.17, 15) is 18.0 Å². The predicted molar refractivity (Wildman–Crippen MR) is 68.9 cm³/mol. The Morgan fingerprint density at radius 2 is 2.05 bits per heavy atom. The first-order valence-corrected chi connectivity index (χ1v) is 8.21. The topological polar surface area (TPSA) is 110 Å². The van der Waals surface area contributed by atoms with Crippen LogP contribution in [0.4, 0.5) is 0 Å². The maximum atomic E-state index is 12.4. The molecular weight excluding hydrogens is 270 g/mol. The minimum atomic E-state index is -3.11. The van der Waals surface area contributed by atoms with Gasteiger partial charge < -0.3 is 16.0 Å². The maximum absolute atomic E-state index is 12.4. The molecule has 2 atom stereocenters. The van der Waals surface area contributed by atoms with Crippen molar-refractivity contribution in [1.82, 2.24) is 10.2 Å². The third-order valence-corrected chi connectivity index (χ3v) is 5.43. The Bertz CT molecular complexity index is 470. The lowest BCUT2D eigenvalue weighted by Crippen LogP contribution is -2.48. The molecule has 19 heavy (non-hydrogen) atoms. The molecule has 0 radical (unpaired) electrons. The van der Waals surface area contributed by atoms with Gasteiger partial charge in [0.15, 0.2) is 9.84 Å². The number of nitrogens with zero attached hydrogens (tertiary/aromatic N) is 1. The molecular formula is C11H19N3O4S. The number of rotatable bonds is 4. The van der Waals surface area contributed by atoms with E-state index in [2.05, 4.69) is 5.32 Å². The van der Waals surface area contributed by atoms with E-state index < -0.39 is 21.7 Å². The first kappa shape index (κ1) is 14.3. The van der Waals surface area contributed by atoms with Crippen molar-refractivity contribution < 1.29 is 18.0 Å². The van der Waals surface area contributed by atoms with Crippen molar-refractivity contribution >= 4 is 21.7 Å². The summed E-state index contributed by atoms with van der Waals surface area (Å²) in [5.41, 5.74) is 5.18. The van der Waals surface area contributed by atoms with Crippen LogP contribution in [0.5, 0.6) is 0 Å². The van der Waals surface area contributed by atoms with Crippen LogP contribution in [0.2, 0.25) is 0 Å².